The molecule has 3 nitrogen and oxygen atoms in total. The van der Waals surface area contributed by atoms with Crippen LogP contribution in [0.25, 0.3) is 0 Å². The van der Waals surface area contributed by atoms with Gasteiger partial charge in [-0.2, -0.15) is 0 Å². The average molecular weight is 148 g/mol. The summed E-state index contributed by atoms with van der Waals surface area (Å²) in [4.78, 5) is 8.31. The summed E-state index contributed by atoms with van der Waals surface area (Å²) < 4.78 is 5.04. The molecule has 1 aliphatic heterocycles. The first-order valence-corrected chi connectivity index (χ1v) is 3.43. The monoisotopic (exact) mass is 148 g/mol. The third-order valence-electron chi connectivity index (χ3n) is 1.66. The van der Waals surface area contributed by atoms with Crippen molar-refractivity contribution in [3.63, 3.8) is 0 Å². The van der Waals surface area contributed by atoms with Crippen LogP contribution >= 0.6 is 0 Å². The van der Waals surface area contributed by atoms with Crippen LogP contribution in [-0.2, 0) is 0 Å². The minimum atomic E-state index is 0.558. The summed E-state index contributed by atoms with van der Waals surface area (Å²) >= 11 is 0. The van der Waals surface area contributed by atoms with Crippen LogP contribution in [0.3, 0.4) is 0 Å². The van der Waals surface area contributed by atoms with Gasteiger partial charge in [-0.25, -0.2) is 0 Å². The molecule has 1 aromatic rings. The summed E-state index contributed by atoms with van der Waals surface area (Å²) in [6, 6.07) is 5.71. The van der Waals surface area contributed by atoms with E-state index in [1.54, 1.807) is 7.11 Å². The average Bonchev–Trinajstić information content (AvgIpc) is 2.50. The molecule has 0 radical (unpaired) electrons. The number of hydrogen-bond acceptors (Lipinski definition) is 3. The Balaban J connectivity index is 2.69. The SMILES string of the molecule is COc1ccc2c(c1)=NCN=2. The molecule has 56 valence electrons. The smallest absolute Gasteiger partial charge is 0.130 e. The third-order valence-corrected chi connectivity index (χ3v) is 1.66. The molecular formula is C8H8N2O. The highest BCUT2D eigenvalue weighted by molar-refractivity contribution is 5.21. The van der Waals surface area contributed by atoms with Crippen molar-refractivity contribution in [1.29, 1.82) is 0 Å². The second-order valence-electron chi connectivity index (χ2n) is 2.31. The second-order valence-corrected chi connectivity index (χ2v) is 2.31. The Bertz CT molecular complexity index is 384. The third kappa shape index (κ3) is 0.981. The fourth-order valence-electron chi connectivity index (χ4n) is 1.08. The number of hydrogen-bond donors (Lipinski definition) is 0. The second kappa shape index (κ2) is 2.34. The number of fused-ring (bicyclic) bond motifs is 1. The Morgan fingerprint density at radius 2 is 2.09 bits per heavy atom. The van der Waals surface area contributed by atoms with Gasteiger partial charge in [-0.05, 0) is 12.1 Å². The molecule has 0 saturated heterocycles. The molecule has 0 aromatic heterocycles. The molecule has 3 heteroatoms. The van der Waals surface area contributed by atoms with Gasteiger partial charge in [-0.1, -0.05) is 0 Å². The van der Waals surface area contributed by atoms with Crippen molar-refractivity contribution in [2.24, 2.45) is 9.98 Å². The summed E-state index contributed by atoms with van der Waals surface area (Å²) in [5, 5.41) is 1.90. The number of rotatable bonds is 1. The number of ether oxygens (including phenoxy) is 1. The Hall–Kier alpha value is -1.38. The normalized spacial score (nSPS) is 13.2. The summed E-state index contributed by atoms with van der Waals surface area (Å²) in [6.07, 6.45) is 0. The van der Waals surface area contributed by atoms with Gasteiger partial charge < -0.3 is 4.74 Å². The van der Waals surface area contributed by atoms with Gasteiger partial charge >= 0.3 is 0 Å². The van der Waals surface area contributed by atoms with E-state index in [0.717, 1.165) is 16.5 Å². The van der Waals surface area contributed by atoms with E-state index in [0.29, 0.717) is 6.67 Å². The molecule has 0 atom stereocenters. The van der Waals surface area contributed by atoms with Gasteiger partial charge in [0.05, 0.1) is 17.8 Å². The van der Waals surface area contributed by atoms with Crippen molar-refractivity contribution in [2.75, 3.05) is 13.8 Å². The van der Waals surface area contributed by atoms with Crippen LogP contribution in [0.15, 0.2) is 28.2 Å². The van der Waals surface area contributed by atoms with Crippen LogP contribution in [0.5, 0.6) is 5.75 Å². The van der Waals surface area contributed by atoms with E-state index in [2.05, 4.69) is 9.98 Å². The van der Waals surface area contributed by atoms with Gasteiger partial charge in [-0.15, -0.1) is 0 Å². The number of methoxy groups -OCH3 is 1. The molecule has 0 unspecified atom stereocenters. The highest BCUT2D eigenvalue weighted by atomic mass is 16.5. The minimum Gasteiger partial charge on any atom is -0.497 e. The van der Waals surface area contributed by atoms with E-state index >= 15 is 0 Å². The van der Waals surface area contributed by atoms with E-state index in [4.69, 9.17) is 4.74 Å². The molecule has 0 spiro atoms. The van der Waals surface area contributed by atoms with Crippen LogP contribution in [0.2, 0.25) is 0 Å². The number of nitrogens with zero attached hydrogens (tertiary/aromatic N) is 2. The van der Waals surface area contributed by atoms with Gasteiger partial charge in [0.1, 0.15) is 12.4 Å². The van der Waals surface area contributed by atoms with Gasteiger partial charge in [0.15, 0.2) is 0 Å². The number of benzene rings is 1. The quantitative estimate of drug-likeness (QED) is 0.547. The van der Waals surface area contributed by atoms with Gasteiger partial charge in [-0.3, -0.25) is 9.98 Å². The van der Waals surface area contributed by atoms with Crippen LogP contribution in [-0.4, -0.2) is 13.8 Å². The molecule has 0 aliphatic carbocycles. The molecule has 2 rings (SSSR count). The highest BCUT2D eigenvalue weighted by Gasteiger charge is 1.96. The van der Waals surface area contributed by atoms with Crippen molar-refractivity contribution >= 4 is 0 Å². The van der Waals surface area contributed by atoms with Crippen molar-refractivity contribution in [1.82, 2.24) is 0 Å². The van der Waals surface area contributed by atoms with Gasteiger partial charge in [0.25, 0.3) is 0 Å². The molecule has 11 heavy (non-hydrogen) atoms. The van der Waals surface area contributed by atoms with Crippen LogP contribution in [0.1, 0.15) is 0 Å². The molecular weight excluding hydrogens is 140 g/mol. The first kappa shape index (κ1) is 6.34. The summed E-state index contributed by atoms with van der Waals surface area (Å²) in [6.45, 7) is 0.558. The van der Waals surface area contributed by atoms with E-state index in [1.165, 1.54) is 0 Å². The summed E-state index contributed by atoms with van der Waals surface area (Å²) in [5.41, 5.74) is 0. The molecule has 0 bridgehead atoms. The zero-order chi connectivity index (χ0) is 7.68. The lowest BCUT2D eigenvalue weighted by Crippen LogP contribution is -2.20. The predicted octanol–water partition coefficient (Wildman–Crippen LogP) is -0.0945. The van der Waals surface area contributed by atoms with Crippen molar-refractivity contribution < 1.29 is 4.74 Å². The van der Waals surface area contributed by atoms with Gasteiger partial charge in [0.2, 0.25) is 0 Å². The van der Waals surface area contributed by atoms with Crippen molar-refractivity contribution in [3.8, 4) is 5.75 Å². The first-order valence-electron chi connectivity index (χ1n) is 3.43. The van der Waals surface area contributed by atoms with Gasteiger partial charge in [0, 0.05) is 6.07 Å². The molecule has 0 saturated carbocycles. The fraction of sp³-hybridized carbons (Fsp3) is 0.250. The van der Waals surface area contributed by atoms with Crippen LogP contribution in [0, 0.1) is 0 Å². The van der Waals surface area contributed by atoms with Crippen molar-refractivity contribution in [2.45, 2.75) is 0 Å². The zero-order valence-electron chi connectivity index (χ0n) is 6.24. The highest BCUT2D eigenvalue weighted by Crippen LogP contribution is 2.01. The molecule has 0 N–H and O–H groups in total. The lowest BCUT2D eigenvalue weighted by atomic mass is 10.3. The first-order chi connectivity index (χ1) is 5.40. The molecule has 1 aliphatic rings. The summed E-state index contributed by atoms with van der Waals surface area (Å²) in [5.74, 6) is 0.838. The standard InChI is InChI=1S/C8H8N2O/c1-11-6-2-3-7-8(4-6)10-5-9-7/h2-4H,5H2,1H3. The van der Waals surface area contributed by atoms with E-state index in [9.17, 15) is 0 Å². The van der Waals surface area contributed by atoms with Crippen LogP contribution in [0.4, 0.5) is 0 Å². The van der Waals surface area contributed by atoms with Crippen molar-refractivity contribution in [3.05, 3.63) is 28.9 Å². The zero-order valence-corrected chi connectivity index (χ0v) is 6.24. The topological polar surface area (TPSA) is 34.0 Å². The Kier molecular flexibility index (Phi) is 1.35. The maximum atomic E-state index is 5.04. The minimum absolute atomic E-state index is 0.558. The lowest BCUT2D eigenvalue weighted by Gasteiger charge is -1.94. The lowest BCUT2D eigenvalue weighted by molar-refractivity contribution is 0.414. The maximum Gasteiger partial charge on any atom is 0.130 e. The molecule has 0 fully saturated rings. The van der Waals surface area contributed by atoms with E-state index < -0.39 is 0 Å². The largest absolute Gasteiger partial charge is 0.497 e. The molecule has 0 amide bonds. The maximum absolute atomic E-state index is 5.04. The summed E-state index contributed by atoms with van der Waals surface area (Å²) in [7, 11) is 1.65. The molecule has 1 aromatic carbocycles. The Morgan fingerprint density at radius 1 is 1.27 bits per heavy atom. The predicted molar refractivity (Wildman–Crippen MR) is 40.2 cm³/mol. The van der Waals surface area contributed by atoms with Crippen LogP contribution < -0.4 is 15.5 Å². The molecule has 1 heterocycles. The van der Waals surface area contributed by atoms with E-state index in [1.807, 2.05) is 18.2 Å². The van der Waals surface area contributed by atoms with E-state index in [-0.39, 0.29) is 0 Å². The Morgan fingerprint density at radius 3 is 2.91 bits per heavy atom. The Labute approximate surface area is 64.1 Å². The fourth-order valence-corrected chi connectivity index (χ4v) is 1.08.